The molecule has 0 saturated carbocycles. The molecule has 0 N–H and O–H groups in total. The lowest BCUT2D eigenvalue weighted by atomic mass is 9.81. The predicted molar refractivity (Wildman–Crippen MR) is 532 cm³/mol. The average Bonchev–Trinajstić information content (AvgIpc) is 1.48. The maximum atomic E-state index is 2.47. The van der Waals surface area contributed by atoms with Crippen molar-refractivity contribution in [2.45, 2.75) is 72.6 Å². The Morgan fingerprint density at radius 3 is 0.919 bits per heavy atom. The van der Waals surface area contributed by atoms with Gasteiger partial charge < -0.3 is 9.13 Å². The van der Waals surface area contributed by atoms with Gasteiger partial charge in [-0.2, -0.15) is 0 Å². The largest absolute Gasteiger partial charge is 0.309 e. The Morgan fingerprint density at radius 2 is 0.472 bits per heavy atom. The molecule has 0 amide bonds. The molecule has 3 aliphatic rings. The predicted octanol–water partition coefficient (Wildman–Crippen LogP) is 34.2. The van der Waals surface area contributed by atoms with Gasteiger partial charge in [0.25, 0.3) is 0 Å². The first-order chi connectivity index (χ1) is 59.2. The van der Waals surface area contributed by atoms with Crippen LogP contribution in [0.2, 0.25) is 0 Å². The number of rotatable bonds is 9. The summed E-state index contributed by atoms with van der Waals surface area (Å²) in [5.74, 6) is 0. The van der Waals surface area contributed by atoms with Crippen molar-refractivity contribution in [1.29, 1.82) is 0 Å². The highest BCUT2D eigenvalue weighted by Gasteiger charge is 2.39. The van der Waals surface area contributed by atoms with Crippen LogP contribution >= 0.6 is 22.7 Å². The monoisotopic (exact) mass is 1610 g/mol. The van der Waals surface area contributed by atoms with Gasteiger partial charge in [-0.15, -0.1) is 22.7 Å². The minimum absolute atomic E-state index is 0. The van der Waals surface area contributed by atoms with E-state index in [0.717, 1.165) is 0 Å². The molecule has 0 spiro atoms. The zero-order chi connectivity index (χ0) is 80.7. The van der Waals surface area contributed by atoms with Crippen LogP contribution in [0.25, 0.3) is 207 Å². The van der Waals surface area contributed by atoms with Gasteiger partial charge in [0, 0.05) is 89.5 Å². The number of thiophene rings is 2. The zero-order valence-corrected chi connectivity index (χ0v) is 69.8. The molecule has 4 heterocycles. The molecule has 0 fully saturated rings. The summed E-state index contributed by atoms with van der Waals surface area (Å²) in [4.78, 5) is 0. The summed E-state index contributed by atoms with van der Waals surface area (Å²) in [5.41, 5.74) is 40.7. The molecule has 4 aromatic heterocycles. The molecule has 25 rings (SSSR count). The van der Waals surface area contributed by atoms with Crippen molar-refractivity contribution >= 4 is 107 Å². The molecule has 0 aliphatic heterocycles. The lowest BCUT2D eigenvalue weighted by Gasteiger charge is -2.22. The minimum Gasteiger partial charge on any atom is -0.309 e. The maximum absolute atomic E-state index is 2.47. The second-order valence-corrected chi connectivity index (χ2v) is 37.1. The van der Waals surface area contributed by atoms with Crippen molar-refractivity contribution in [2.75, 3.05) is 0 Å². The van der Waals surface area contributed by atoms with E-state index < -0.39 is 0 Å². The third-order valence-electron chi connectivity index (χ3n) is 27.2. The van der Waals surface area contributed by atoms with Crippen LogP contribution in [0.3, 0.4) is 0 Å². The molecule has 0 atom stereocenters. The van der Waals surface area contributed by atoms with Crippen molar-refractivity contribution in [1.82, 2.24) is 9.13 Å². The highest BCUT2D eigenvalue weighted by atomic mass is 32.1. The van der Waals surface area contributed by atoms with Crippen molar-refractivity contribution in [2.24, 2.45) is 0 Å². The van der Waals surface area contributed by atoms with Crippen molar-refractivity contribution in [3.05, 3.63) is 422 Å². The van der Waals surface area contributed by atoms with Crippen molar-refractivity contribution < 1.29 is 0 Å². The van der Waals surface area contributed by atoms with Crippen molar-refractivity contribution in [3.8, 4) is 123 Å². The van der Waals surface area contributed by atoms with Gasteiger partial charge in [-0.25, -0.2) is 0 Å². The van der Waals surface area contributed by atoms with Crippen LogP contribution in [0.5, 0.6) is 0 Å². The second-order valence-electron chi connectivity index (χ2n) is 35.0. The van der Waals surface area contributed by atoms with E-state index >= 15 is 0 Å². The standard InChI is InChI=1S/C60H43NS.C57H39NS.2CH4/c1-59(2)51-20-9-5-14-43(51)45-27-24-37(34-53(45)59)39-30-38(31-40(32-39)42-18-13-19-49-48-17-8-12-23-57(48)62-58(42)49)36-25-29-56-50(33-36)47-16-7-11-22-55(47)61(56)41-26-28-46-44-15-6-10-21-52(44)60(3,4)54(46)35-41;1-57(2)51-20-9-6-15-45(51)46-29-28-43(35-52(46)57)58-53-21-10-7-16-47(53)50-34-39(27-30-54(50)58)41-31-40(38-25-23-37(24-26-38)36-13-4-3-5-14-36)32-42(33-41)44-18-12-19-49-48-17-8-11-22-55(48)59-56(44)49;;/h5-35H,1-4H3;3-35H,1-2H3;2*1H4. The molecule has 123 heavy (non-hydrogen) atoms. The average molecular weight is 1610 g/mol. The van der Waals surface area contributed by atoms with Crippen LogP contribution in [0.1, 0.15) is 89.8 Å². The number of benzene rings is 18. The highest BCUT2D eigenvalue weighted by Crippen LogP contribution is 2.55. The number of aromatic nitrogens is 2. The Bertz CT molecular complexity index is 8110. The van der Waals surface area contributed by atoms with Gasteiger partial charge in [-0.1, -0.05) is 329 Å². The number of hydrogen-bond donors (Lipinski definition) is 0. The summed E-state index contributed by atoms with van der Waals surface area (Å²) in [6.45, 7) is 14.2. The van der Waals surface area contributed by atoms with E-state index in [1.807, 2.05) is 22.7 Å². The van der Waals surface area contributed by atoms with E-state index in [1.165, 1.54) is 240 Å². The fourth-order valence-electron chi connectivity index (χ4n) is 21.1. The van der Waals surface area contributed by atoms with Gasteiger partial charge in [-0.3, -0.25) is 0 Å². The molecular weight excluding hydrogens is 1520 g/mol. The van der Waals surface area contributed by atoms with Gasteiger partial charge in [0.1, 0.15) is 0 Å². The summed E-state index contributed by atoms with van der Waals surface area (Å²) in [7, 11) is 0. The lowest BCUT2D eigenvalue weighted by molar-refractivity contribution is 0.660. The van der Waals surface area contributed by atoms with Gasteiger partial charge in [0.15, 0.2) is 0 Å². The molecule has 3 aliphatic carbocycles. The summed E-state index contributed by atoms with van der Waals surface area (Å²) in [6, 6.07) is 145. The number of fused-ring (bicyclic) bond motifs is 21. The van der Waals surface area contributed by atoms with Gasteiger partial charge in [0.05, 0.1) is 22.1 Å². The molecule has 18 aromatic carbocycles. The fraction of sp³-hybridized carbons (Fsp3) is 0.0924. The van der Waals surface area contributed by atoms with Crippen LogP contribution in [-0.4, -0.2) is 9.13 Å². The van der Waals surface area contributed by atoms with E-state index in [2.05, 4.69) is 439 Å². The molecule has 0 saturated heterocycles. The Kier molecular flexibility index (Phi) is 17.5. The second kappa shape index (κ2) is 28.6. The molecule has 588 valence electrons. The summed E-state index contributed by atoms with van der Waals surface area (Å²) < 4.78 is 10.2. The third kappa shape index (κ3) is 11.7. The molecule has 0 unspecified atom stereocenters. The molecule has 4 heteroatoms. The smallest absolute Gasteiger partial charge is 0.0541 e. The summed E-state index contributed by atoms with van der Waals surface area (Å²) in [5, 5.41) is 10.3. The Morgan fingerprint density at radius 1 is 0.179 bits per heavy atom. The summed E-state index contributed by atoms with van der Waals surface area (Å²) in [6.07, 6.45) is 0. The van der Waals surface area contributed by atoms with Crippen LogP contribution in [0.4, 0.5) is 0 Å². The Balaban J connectivity index is 0.000000144. The third-order valence-corrected chi connectivity index (χ3v) is 29.6. The SMILES string of the molecule is C.C.CC1(C)c2ccccc2-c2ccc(-c3cc(-c4ccc5c(c4)c4ccccc4n5-c4ccc5c(c4)C(C)(C)c4ccccc4-5)cc(-c4cccc5c4sc4ccccc45)c3)cc21.CC1(C)c2ccccc2-c2ccc(-n3c4ccccc4c4cc(-c5cc(-c6ccc(-c7ccccc7)cc6)cc(-c6cccc7c6sc6ccccc67)c5)ccc43)cc21. The first-order valence-electron chi connectivity index (χ1n) is 42.3. The van der Waals surface area contributed by atoms with Crippen molar-refractivity contribution in [3.63, 3.8) is 0 Å². The van der Waals surface area contributed by atoms with Gasteiger partial charge in [0.2, 0.25) is 0 Å². The Labute approximate surface area is 727 Å². The van der Waals surface area contributed by atoms with E-state index in [-0.39, 0.29) is 31.1 Å². The number of nitrogens with zero attached hydrogens (tertiary/aromatic N) is 2. The fourth-order valence-corrected chi connectivity index (χ4v) is 23.6. The Hall–Kier alpha value is -14.0. The van der Waals surface area contributed by atoms with Crippen LogP contribution < -0.4 is 0 Å². The van der Waals surface area contributed by atoms with E-state index in [4.69, 9.17) is 0 Å². The van der Waals surface area contributed by atoms with Crippen LogP contribution in [-0.2, 0) is 16.2 Å². The molecule has 0 radical (unpaired) electrons. The molecular formula is C119H90N2S2. The quantitative estimate of drug-likeness (QED) is 0.136. The molecule has 0 bridgehead atoms. The maximum Gasteiger partial charge on any atom is 0.0541 e. The highest BCUT2D eigenvalue weighted by molar-refractivity contribution is 7.26. The topological polar surface area (TPSA) is 9.86 Å². The van der Waals surface area contributed by atoms with E-state index in [9.17, 15) is 0 Å². The minimum atomic E-state index is -0.0805. The normalized spacial score (nSPS) is 13.5. The van der Waals surface area contributed by atoms with Gasteiger partial charge >= 0.3 is 0 Å². The van der Waals surface area contributed by atoms with E-state index in [0.29, 0.717) is 0 Å². The van der Waals surface area contributed by atoms with Crippen LogP contribution in [0, 0.1) is 0 Å². The van der Waals surface area contributed by atoms with Gasteiger partial charge in [-0.05, 0) is 260 Å². The summed E-state index contributed by atoms with van der Waals surface area (Å²) >= 11 is 3.79. The van der Waals surface area contributed by atoms with E-state index in [1.54, 1.807) is 0 Å². The molecule has 22 aromatic rings. The first kappa shape index (κ1) is 75.2. The zero-order valence-electron chi connectivity index (χ0n) is 68.2. The van der Waals surface area contributed by atoms with Crippen LogP contribution in [0.15, 0.2) is 388 Å². The number of hydrogen-bond acceptors (Lipinski definition) is 2. The first-order valence-corrected chi connectivity index (χ1v) is 44.0. The lowest BCUT2D eigenvalue weighted by Crippen LogP contribution is -2.15. The molecule has 2 nitrogen and oxygen atoms in total. The number of para-hydroxylation sites is 2.